The number of aliphatic hydroxyl groups excluding tert-OH is 1. The Bertz CT molecular complexity index is 674. The van der Waals surface area contributed by atoms with Crippen molar-refractivity contribution in [3.05, 3.63) is 40.7 Å². The molecule has 0 aliphatic heterocycles. The molecule has 0 saturated heterocycles. The minimum Gasteiger partial charge on any atom is -0.477 e. The summed E-state index contributed by atoms with van der Waals surface area (Å²) < 4.78 is 5.49. The molecule has 0 atom stereocenters. The van der Waals surface area contributed by atoms with Gasteiger partial charge in [-0.3, -0.25) is 0 Å². The van der Waals surface area contributed by atoms with Crippen molar-refractivity contribution in [3.63, 3.8) is 0 Å². The van der Waals surface area contributed by atoms with Crippen LogP contribution in [0.1, 0.15) is 18.2 Å². The molecular formula is C15H16ClN3O2. The molecule has 0 aromatic carbocycles. The molecule has 0 unspecified atom stereocenters. The Morgan fingerprint density at radius 3 is 2.90 bits per heavy atom. The van der Waals surface area contributed by atoms with E-state index in [-0.39, 0.29) is 12.3 Å². The van der Waals surface area contributed by atoms with Gasteiger partial charge in [0, 0.05) is 11.2 Å². The zero-order valence-electron chi connectivity index (χ0n) is 11.9. The van der Waals surface area contributed by atoms with Crippen molar-refractivity contribution in [1.29, 1.82) is 5.41 Å². The predicted octanol–water partition coefficient (Wildman–Crippen LogP) is 2.86. The van der Waals surface area contributed by atoms with Crippen molar-refractivity contribution >= 4 is 17.3 Å². The van der Waals surface area contributed by atoms with Gasteiger partial charge in [0.15, 0.2) is 0 Å². The Hall–Kier alpha value is -1.98. The van der Waals surface area contributed by atoms with E-state index in [2.05, 4.69) is 9.97 Å². The maximum Gasteiger partial charge on any atom is 0.222 e. The number of halogens is 1. The minimum atomic E-state index is -0.390. The zero-order chi connectivity index (χ0) is 15.4. The molecular weight excluding hydrogens is 290 g/mol. The third-order valence-electron chi connectivity index (χ3n) is 2.98. The number of pyridine rings is 2. The van der Waals surface area contributed by atoms with Gasteiger partial charge in [0.25, 0.3) is 0 Å². The van der Waals surface area contributed by atoms with Crippen molar-refractivity contribution in [2.24, 2.45) is 0 Å². The lowest BCUT2D eigenvalue weighted by atomic mass is 10.1. The average Bonchev–Trinajstić information content (AvgIpc) is 2.50. The van der Waals surface area contributed by atoms with Gasteiger partial charge >= 0.3 is 0 Å². The second kappa shape index (κ2) is 6.65. The van der Waals surface area contributed by atoms with E-state index in [0.29, 0.717) is 40.0 Å². The second-order valence-corrected chi connectivity index (χ2v) is 4.80. The number of ether oxygens (including phenoxy) is 1. The van der Waals surface area contributed by atoms with Crippen LogP contribution in [0.3, 0.4) is 0 Å². The highest BCUT2D eigenvalue weighted by Gasteiger charge is 2.15. The monoisotopic (exact) mass is 305 g/mol. The van der Waals surface area contributed by atoms with Crippen molar-refractivity contribution in [2.45, 2.75) is 13.8 Å². The summed E-state index contributed by atoms with van der Waals surface area (Å²) in [6.45, 7) is 3.74. The first kappa shape index (κ1) is 15.4. The van der Waals surface area contributed by atoms with E-state index < -0.39 is 0 Å². The quantitative estimate of drug-likeness (QED) is 0.833. The third-order valence-corrected chi connectivity index (χ3v) is 3.37. The number of hydrogen-bond acceptors (Lipinski definition) is 5. The van der Waals surface area contributed by atoms with E-state index in [0.717, 1.165) is 0 Å². The SMILES string of the molecule is CCOc1ncccc1-c1cc(Cl)c(C)c(C(=N)CO)n1. The third kappa shape index (κ3) is 3.20. The molecule has 110 valence electrons. The van der Waals surface area contributed by atoms with Crippen LogP contribution in [0.5, 0.6) is 5.88 Å². The molecule has 0 amide bonds. The molecule has 2 rings (SSSR count). The minimum absolute atomic E-state index is 0.0260. The van der Waals surface area contributed by atoms with Gasteiger partial charge in [0.1, 0.15) is 0 Å². The van der Waals surface area contributed by atoms with Gasteiger partial charge < -0.3 is 15.3 Å². The summed E-state index contributed by atoms with van der Waals surface area (Å²) in [5, 5.41) is 17.4. The summed E-state index contributed by atoms with van der Waals surface area (Å²) in [5.74, 6) is 0.467. The molecule has 0 fully saturated rings. The predicted molar refractivity (Wildman–Crippen MR) is 82.3 cm³/mol. The second-order valence-electron chi connectivity index (χ2n) is 4.39. The van der Waals surface area contributed by atoms with E-state index in [1.807, 2.05) is 13.0 Å². The average molecular weight is 306 g/mol. The van der Waals surface area contributed by atoms with Crippen LogP contribution in [0.25, 0.3) is 11.3 Å². The van der Waals surface area contributed by atoms with E-state index in [9.17, 15) is 0 Å². The van der Waals surface area contributed by atoms with E-state index in [4.69, 9.17) is 26.9 Å². The number of rotatable bonds is 5. The number of nitrogens with one attached hydrogen (secondary N) is 1. The summed E-state index contributed by atoms with van der Waals surface area (Å²) in [4.78, 5) is 8.61. The number of aromatic nitrogens is 2. The molecule has 2 N–H and O–H groups in total. The smallest absolute Gasteiger partial charge is 0.222 e. The normalized spacial score (nSPS) is 10.5. The van der Waals surface area contributed by atoms with Gasteiger partial charge in [0.2, 0.25) is 5.88 Å². The largest absolute Gasteiger partial charge is 0.477 e. The molecule has 2 aromatic heterocycles. The highest BCUT2D eigenvalue weighted by atomic mass is 35.5. The molecule has 0 radical (unpaired) electrons. The van der Waals surface area contributed by atoms with Crippen molar-refractivity contribution in [2.75, 3.05) is 13.2 Å². The van der Waals surface area contributed by atoms with Crippen molar-refractivity contribution in [3.8, 4) is 17.1 Å². The van der Waals surface area contributed by atoms with Crippen LogP contribution in [0, 0.1) is 12.3 Å². The first-order valence-electron chi connectivity index (χ1n) is 6.52. The van der Waals surface area contributed by atoms with Crippen LogP contribution < -0.4 is 4.74 Å². The molecule has 2 heterocycles. The van der Waals surface area contributed by atoms with Crippen LogP contribution in [-0.2, 0) is 0 Å². The van der Waals surface area contributed by atoms with E-state index in [1.165, 1.54) is 0 Å². The molecule has 5 nitrogen and oxygen atoms in total. The van der Waals surface area contributed by atoms with Crippen LogP contribution in [-0.4, -0.2) is 34.0 Å². The first-order chi connectivity index (χ1) is 10.1. The highest BCUT2D eigenvalue weighted by Crippen LogP contribution is 2.30. The van der Waals surface area contributed by atoms with E-state index in [1.54, 1.807) is 25.3 Å². The van der Waals surface area contributed by atoms with Crippen molar-refractivity contribution < 1.29 is 9.84 Å². The van der Waals surface area contributed by atoms with Gasteiger partial charge in [-0.2, -0.15) is 0 Å². The maximum atomic E-state index is 9.16. The zero-order valence-corrected chi connectivity index (χ0v) is 12.6. The summed E-state index contributed by atoms with van der Waals surface area (Å²) in [5.41, 5.74) is 2.34. The fourth-order valence-corrected chi connectivity index (χ4v) is 2.11. The molecule has 21 heavy (non-hydrogen) atoms. The molecule has 0 aliphatic carbocycles. The Morgan fingerprint density at radius 2 is 2.24 bits per heavy atom. The maximum absolute atomic E-state index is 9.16. The Kier molecular flexibility index (Phi) is 4.88. The van der Waals surface area contributed by atoms with Crippen molar-refractivity contribution in [1.82, 2.24) is 9.97 Å². The molecule has 6 heteroatoms. The summed E-state index contributed by atoms with van der Waals surface area (Å²) in [6.07, 6.45) is 1.64. The molecule has 0 saturated carbocycles. The van der Waals surface area contributed by atoms with Crippen LogP contribution in [0.4, 0.5) is 0 Å². The topological polar surface area (TPSA) is 79.1 Å². The molecule has 0 aliphatic rings. The Morgan fingerprint density at radius 1 is 1.48 bits per heavy atom. The molecule has 2 aromatic rings. The van der Waals surface area contributed by atoms with Crippen LogP contribution in [0.2, 0.25) is 5.02 Å². The highest BCUT2D eigenvalue weighted by molar-refractivity contribution is 6.32. The lowest BCUT2D eigenvalue weighted by Gasteiger charge is -2.12. The summed E-state index contributed by atoms with van der Waals surface area (Å²) in [6, 6.07) is 5.33. The van der Waals surface area contributed by atoms with E-state index >= 15 is 0 Å². The summed E-state index contributed by atoms with van der Waals surface area (Å²) in [7, 11) is 0. The summed E-state index contributed by atoms with van der Waals surface area (Å²) >= 11 is 6.22. The molecule has 0 bridgehead atoms. The van der Waals surface area contributed by atoms with Gasteiger partial charge in [-0.25, -0.2) is 9.97 Å². The number of aliphatic hydroxyl groups is 1. The van der Waals surface area contributed by atoms with Gasteiger partial charge in [-0.05, 0) is 37.6 Å². The fraction of sp³-hybridized carbons (Fsp3) is 0.267. The Balaban J connectivity index is 2.60. The van der Waals surface area contributed by atoms with Gasteiger partial charge in [-0.15, -0.1) is 0 Å². The van der Waals surface area contributed by atoms with Crippen LogP contribution >= 0.6 is 11.6 Å². The molecule has 0 spiro atoms. The lowest BCUT2D eigenvalue weighted by Crippen LogP contribution is -2.10. The number of hydrogen-bond donors (Lipinski definition) is 2. The van der Waals surface area contributed by atoms with Crippen LogP contribution in [0.15, 0.2) is 24.4 Å². The van der Waals surface area contributed by atoms with Gasteiger partial charge in [-0.1, -0.05) is 11.6 Å². The fourth-order valence-electron chi connectivity index (χ4n) is 1.92. The number of nitrogens with zero attached hydrogens (tertiary/aromatic N) is 2. The van der Waals surface area contributed by atoms with Gasteiger partial charge in [0.05, 0.1) is 35.9 Å². The first-order valence-corrected chi connectivity index (χ1v) is 6.90. The Labute approximate surface area is 128 Å². The standard InChI is InChI=1S/C15H16ClN3O2/c1-3-21-15-10(5-4-6-18-15)13-7-11(16)9(2)14(19-13)12(17)8-20/h4-7,17,20H,3,8H2,1-2H3. The lowest BCUT2D eigenvalue weighted by molar-refractivity contribution is 0.328.